The van der Waals surface area contributed by atoms with Crippen molar-refractivity contribution >= 4 is 29.1 Å². The number of alkyl halides is 3. The van der Waals surface area contributed by atoms with Crippen molar-refractivity contribution in [2.24, 2.45) is 11.8 Å². The second kappa shape index (κ2) is 9.48. The van der Waals surface area contributed by atoms with Crippen molar-refractivity contribution in [3.8, 4) is 0 Å². The Kier molecular flexibility index (Phi) is 7.16. The number of aliphatic hydroxyl groups is 1. The van der Waals surface area contributed by atoms with E-state index >= 15 is 0 Å². The maximum absolute atomic E-state index is 13.3. The number of β-lactam (4-membered cyclic amide) rings is 1. The number of nitrogens with zero attached hydrogens (tertiary/aromatic N) is 3. The van der Waals surface area contributed by atoms with Crippen LogP contribution in [0.3, 0.4) is 0 Å². The van der Waals surface area contributed by atoms with E-state index in [2.05, 4.69) is 4.90 Å². The van der Waals surface area contributed by atoms with E-state index in [0.29, 0.717) is 48.4 Å². The van der Waals surface area contributed by atoms with Gasteiger partial charge in [0.25, 0.3) is 5.91 Å². The lowest BCUT2D eigenvalue weighted by Gasteiger charge is -2.59. The van der Waals surface area contributed by atoms with Crippen LogP contribution in [0.15, 0.2) is 18.2 Å². The molecule has 3 aliphatic rings. The smallest absolute Gasteiger partial charge is 0.371 e. The maximum Gasteiger partial charge on any atom is 0.436 e. The molecule has 1 spiro atoms. The van der Waals surface area contributed by atoms with E-state index in [1.54, 1.807) is 18.0 Å². The van der Waals surface area contributed by atoms with E-state index in [9.17, 15) is 27.9 Å². The molecule has 200 valence electrons. The van der Waals surface area contributed by atoms with Gasteiger partial charge in [-0.25, -0.2) is 4.79 Å². The van der Waals surface area contributed by atoms with E-state index in [1.165, 1.54) is 6.92 Å². The number of carbonyl (C=O) groups is 2. The minimum atomic E-state index is -4.94. The lowest BCUT2D eigenvalue weighted by molar-refractivity contribution is -0.930. The Hall–Kier alpha value is -1.84. The first-order valence-electron chi connectivity index (χ1n) is 12.8. The largest absolute Gasteiger partial charge is 0.436 e. The number of anilines is 1. The standard InChI is InChI=1S/C26H36ClF3N3O3/c1-16(2)31(4)23(34)21-6-5-20(15-22(21)27)32-11-7-18(8-12-32)19-9-13-33(14-10-19)17(3)25(36,24(33)35)26(28,29)30/h5-6,15-19,36H,7-14H2,1-4H3/q+1. The minimum Gasteiger partial charge on any atom is -0.371 e. The summed E-state index contributed by atoms with van der Waals surface area (Å²) in [4.78, 5) is 29.1. The van der Waals surface area contributed by atoms with Gasteiger partial charge in [0.05, 0.1) is 23.7 Å². The second-order valence-corrected chi connectivity index (χ2v) is 11.5. The molecule has 6 nitrogen and oxygen atoms in total. The molecule has 0 aliphatic carbocycles. The highest BCUT2D eigenvalue weighted by molar-refractivity contribution is 6.34. The van der Waals surface area contributed by atoms with Crippen LogP contribution in [0.1, 0.15) is 56.8 Å². The third-order valence-electron chi connectivity index (χ3n) is 9.16. The quantitative estimate of drug-likeness (QED) is 0.460. The summed E-state index contributed by atoms with van der Waals surface area (Å²) >= 11 is 6.47. The lowest BCUT2D eigenvalue weighted by atomic mass is 9.72. The predicted octanol–water partition coefficient (Wildman–Crippen LogP) is 4.49. The minimum absolute atomic E-state index is 0.0715. The molecular weight excluding hydrogens is 495 g/mol. The van der Waals surface area contributed by atoms with E-state index < -0.39 is 23.7 Å². The third kappa shape index (κ3) is 4.21. The van der Waals surface area contributed by atoms with Gasteiger partial charge in [-0.1, -0.05) is 11.6 Å². The van der Waals surface area contributed by atoms with Gasteiger partial charge < -0.3 is 14.9 Å². The second-order valence-electron chi connectivity index (χ2n) is 11.1. The Morgan fingerprint density at radius 2 is 1.72 bits per heavy atom. The van der Waals surface area contributed by atoms with Crippen molar-refractivity contribution in [1.82, 2.24) is 4.90 Å². The average molecular weight is 531 g/mol. The zero-order chi connectivity index (χ0) is 26.6. The van der Waals surface area contributed by atoms with Crippen LogP contribution < -0.4 is 4.90 Å². The highest BCUT2D eigenvalue weighted by Crippen LogP contribution is 2.51. The molecule has 36 heavy (non-hydrogen) atoms. The predicted molar refractivity (Wildman–Crippen MR) is 132 cm³/mol. The third-order valence-corrected chi connectivity index (χ3v) is 9.47. The number of benzene rings is 1. The molecule has 10 heteroatoms. The fraction of sp³-hybridized carbons (Fsp3) is 0.692. The average Bonchev–Trinajstić information content (AvgIpc) is 2.86. The fourth-order valence-corrected chi connectivity index (χ4v) is 6.64. The van der Waals surface area contributed by atoms with Crippen molar-refractivity contribution in [3.05, 3.63) is 28.8 Å². The van der Waals surface area contributed by atoms with Gasteiger partial charge in [-0.2, -0.15) is 13.2 Å². The van der Waals surface area contributed by atoms with Crippen LogP contribution in [0, 0.1) is 11.8 Å². The summed E-state index contributed by atoms with van der Waals surface area (Å²) in [5.74, 6) is -0.382. The summed E-state index contributed by atoms with van der Waals surface area (Å²) in [6.07, 6.45) is -1.64. The highest BCUT2D eigenvalue weighted by Gasteiger charge is 2.83. The summed E-state index contributed by atoms with van der Waals surface area (Å²) in [5, 5.41) is 10.5. The first-order valence-corrected chi connectivity index (χ1v) is 13.1. The Bertz CT molecular complexity index is 1020. The summed E-state index contributed by atoms with van der Waals surface area (Å²) in [6, 6.07) is 4.47. The van der Waals surface area contributed by atoms with Gasteiger partial charge in [-0.3, -0.25) is 9.28 Å². The van der Waals surface area contributed by atoms with Crippen LogP contribution >= 0.6 is 11.6 Å². The fourth-order valence-electron chi connectivity index (χ4n) is 6.38. The van der Waals surface area contributed by atoms with Crippen LogP contribution in [-0.4, -0.2) is 83.4 Å². The SMILES string of the molecule is CC(C)N(C)C(=O)c1ccc(N2CCC(C3CC[N+]4(CC3)C(=O)C(O)(C(F)(F)F)C4C)CC2)cc1Cl. The normalized spacial score (nSPS) is 31.6. The summed E-state index contributed by atoms with van der Waals surface area (Å²) in [5.41, 5.74) is -1.75. The van der Waals surface area contributed by atoms with Crippen LogP contribution in [-0.2, 0) is 4.79 Å². The number of piperidine rings is 2. The summed E-state index contributed by atoms with van der Waals surface area (Å²) < 4.78 is 39.7. The molecule has 3 fully saturated rings. The number of carbonyl (C=O) groups excluding carboxylic acids is 2. The van der Waals surface area contributed by atoms with Gasteiger partial charge >= 0.3 is 17.7 Å². The molecule has 1 aromatic rings. The Morgan fingerprint density at radius 1 is 1.17 bits per heavy atom. The molecule has 3 aliphatic heterocycles. The number of halogens is 4. The first kappa shape index (κ1) is 27.2. The summed E-state index contributed by atoms with van der Waals surface area (Å²) in [7, 11) is 1.76. The topological polar surface area (TPSA) is 60.9 Å². The molecule has 1 N–H and O–H groups in total. The van der Waals surface area contributed by atoms with Gasteiger partial charge in [-0.05, 0) is 63.6 Å². The van der Waals surface area contributed by atoms with Gasteiger partial charge in [0, 0.05) is 44.7 Å². The van der Waals surface area contributed by atoms with Crippen molar-refractivity contribution in [1.29, 1.82) is 0 Å². The molecule has 3 saturated heterocycles. The maximum atomic E-state index is 13.3. The van der Waals surface area contributed by atoms with E-state index in [4.69, 9.17) is 11.6 Å². The molecular formula is C26H36ClF3N3O3+. The van der Waals surface area contributed by atoms with E-state index in [0.717, 1.165) is 31.6 Å². The molecule has 0 saturated carbocycles. The number of hydrogen-bond acceptors (Lipinski definition) is 4. The number of hydrogen-bond donors (Lipinski definition) is 1. The van der Waals surface area contributed by atoms with Gasteiger partial charge in [0.1, 0.15) is 6.04 Å². The van der Waals surface area contributed by atoms with Gasteiger partial charge in [-0.15, -0.1) is 0 Å². The number of rotatable bonds is 4. The van der Waals surface area contributed by atoms with Gasteiger partial charge in [0.2, 0.25) is 0 Å². The first-order chi connectivity index (χ1) is 16.7. The van der Waals surface area contributed by atoms with E-state index in [-0.39, 0.29) is 16.4 Å². The summed E-state index contributed by atoms with van der Waals surface area (Å²) in [6.45, 7) is 7.63. The molecule has 0 radical (unpaired) electrons. The highest BCUT2D eigenvalue weighted by atomic mass is 35.5. The molecule has 2 unspecified atom stereocenters. The molecule has 4 rings (SSSR count). The Labute approximate surface area is 215 Å². The number of quaternary nitrogens is 1. The molecule has 2 atom stereocenters. The van der Waals surface area contributed by atoms with Crippen molar-refractivity contribution < 1.29 is 32.3 Å². The van der Waals surface area contributed by atoms with Crippen molar-refractivity contribution in [2.75, 3.05) is 38.1 Å². The van der Waals surface area contributed by atoms with Crippen molar-refractivity contribution in [2.45, 2.75) is 70.3 Å². The Balaban J connectivity index is 1.33. The number of amides is 2. The molecule has 2 amide bonds. The van der Waals surface area contributed by atoms with Crippen molar-refractivity contribution in [3.63, 3.8) is 0 Å². The molecule has 0 bridgehead atoms. The van der Waals surface area contributed by atoms with Crippen LogP contribution in [0.25, 0.3) is 0 Å². The Morgan fingerprint density at radius 3 is 2.19 bits per heavy atom. The zero-order valence-corrected chi connectivity index (χ0v) is 22.1. The van der Waals surface area contributed by atoms with E-state index in [1.807, 2.05) is 26.0 Å². The van der Waals surface area contributed by atoms with Crippen LogP contribution in [0.4, 0.5) is 18.9 Å². The molecule has 0 aromatic heterocycles. The molecule has 1 aromatic carbocycles. The lowest BCUT2D eigenvalue weighted by Crippen LogP contribution is -2.88. The van der Waals surface area contributed by atoms with Gasteiger partial charge in [0.15, 0.2) is 0 Å². The monoisotopic (exact) mass is 530 g/mol. The zero-order valence-electron chi connectivity index (χ0n) is 21.3. The van der Waals surface area contributed by atoms with Crippen LogP contribution in [0.2, 0.25) is 5.02 Å². The van der Waals surface area contributed by atoms with Crippen LogP contribution in [0.5, 0.6) is 0 Å². The molecule has 3 heterocycles.